The van der Waals surface area contributed by atoms with Gasteiger partial charge in [-0.2, -0.15) is 0 Å². The number of nitrogens with one attached hydrogen (secondary N) is 2. The first-order valence-electron chi connectivity index (χ1n) is 8.65. The fourth-order valence-electron chi connectivity index (χ4n) is 2.86. The van der Waals surface area contributed by atoms with Gasteiger partial charge < -0.3 is 10.2 Å². The van der Waals surface area contributed by atoms with Gasteiger partial charge in [0.05, 0.1) is 4.90 Å². The van der Waals surface area contributed by atoms with Gasteiger partial charge in [-0.15, -0.1) is 0 Å². The minimum Gasteiger partial charge on any atom is -0.337 e. The summed E-state index contributed by atoms with van der Waals surface area (Å²) in [5.74, 6) is -0.138. The summed E-state index contributed by atoms with van der Waals surface area (Å²) in [5.41, 5.74) is 1.93. The number of carbonyl (C=O) groups excluding carboxylic acids is 1. The molecule has 2 aromatic carbocycles. The van der Waals surface area contributed by atoms with Crippen LogP contribution in [0.1, 0.15) is 22.3 Å². The summed E-state index contributed by atoms with van der Waals surface area (Å²) < 4.78 is 27.8. The first kappa shape index (κ1) is 18.4. The van der Waals surface area contributed by atoms with Crippen molar-refractivity contribution < 1.29 is 13.2 Å². The third-order valence-corrected chi connectivity index (χ3v) is 5.70. The molecule has 0 radical (unpaired) electrons. The van der Waals surface area contributed by atoms with Crippen molar-refractivity contribution in [1.82, 2.24) is 10.2 Å². The predicted molar refractivity (Wildman–Crippen MR) is 102 cm³/mol. The summed E-state index contributed by atoms with van der Waals surface area (Å²) in [6.45, 7) is 4.87. The zero-order valence-electron chi connectivity index (χ0n) is 14.7. The van der Waals surface area contributed by atoms with Gasteiger partial charge in [0.25, 0.3) is 15.9 Å². The van der Waals surface area contributed by atoms with Crippen molar-refractivity contribution in [1.29, 1.82) is 0 Å². The average molecular weight is 373 g/mol. The fourth-order valence-corrected chi connectivity index (χ4v) is 3.97. The van der Waals surface area contributed by atoms with Crippen LogP contribution in [0, 0.1) is 6.92 Å². The molecule has 0 saturated carbocycles. The Morgan fingerprint density at radius 1 is 1.08 bits per heavy atom. The van der Waals surface area contributed by atoms with Crippen LogP contribution in [0.5, 0.6) is 0 Å². The summed E-state index contributed by atoms with van der Waals surface area (Å²) in [4.78, 5) is 14.6. The molecule has 138 valence electrons. The maximum Gasteiger partial charge on any atom is 0.261 e. The lowest BCUT2D eigenvalue weighted by atomic mass is 10.2. The molecular formula is C19H23N3O3S. The van der Waals surface area contributed by atoms with Gasteiger partial charge in [-0.25, -0.2) is 8.42 Å². The molecule has 1 heterocycles. The minimum absolute atomic E-state index is 0.0804. The fraction of sp³-hybridized carbons (Fsp3) is 0.316. The van der Waals surface area contributed by atoms with Gasteiger partial charge in [-0.05, 0) is 50.2 Å². The highest BCUT2D eigenvalue weighted by Crippen LogP contribution is 2.18. The Bertz CT molecular complexity index is 871. The van der Waals surface area contributed by atoms with E-state index in [1.165, 1.54) is 12.1 Å². The van der Waals surface area contributed by atoms with Gasteiger partial charge in [0.1, 0.15) is 0 Å². The van der Waals surface area contributed by atoms with Crippen molar-refractivity contribution in [3.63, 3.8) is 0 Å². The standard InChI is InChI=1S/C19H23N3O3S/c1-15-6-8-17(9-7-15)21-26(24,25)18-5-2-4-16(14-18)19(23)22-12-3-10-20-11-13-22/h2,4-9,14,20-21H,3,10-13H2,1H3. The molecule has 1 aliphatic heterocycles. The molecular weight excluding hydrogens is 350 g/mol. The Morgan fingerprint density at radius 3 is 2.62 bits per heavy atom. The molecule has 2 aromatic rings. The third-order valence-electron chi connectivity index (χ3n) is 4.32. The van der Waals surface area contributed by atoms with Crippen LogP contribution >= 0.6 is 0 Å². The summed E-state index contributed by atoms with van der Waals surface area (Å²) in [5, 5.41) is 3.25. The summed E-state index contributed by atoms with van der Waals surface area (Å²) in [6.07, 6.45) is 0.888. The van der Waals surface area contributed by atoms with Crippen LogP contribution < -0.4 is 10.0 Å². The number of nitrogens with zero attached hydrogens (tertiary/aromatic N) is 1. The summed E-state index contributed by atoms with van der Waals surface area (Å²) in [7, 11) is -3.75. The Hall–Kier alpha value is -2.38. The number of carbonyl (C=O) groups is 1. The molecule has 6 nitrogen and oxygen atoms in total. The molecule has 1 amide bonds. The van der Waals surface area contributed by atoms with Crippen molar-refractivity contribution in [2.24, 2.45) is 0 Å². The molecule has 0 bridgehead atoms. The number of rotatable bonds is 4. The van der Waals surface area contributed by atoms with Gasteiger partial charge >= 0.3 is 0 Å². The monoisotopic (exact) mass is 373 g/mol. The maximum absolute atomic E-state index is 12.7. The largest absolute Gasteiger partial charge is 0.337 e. The van der Waals surface area contributed by atoms with E-state index in [1.807, 2.05) is 19.1 Å². The smallest absolute Gasteiger partial charge is 0.261 e. The predicted octanol–water partition coefficient (Wildman–Crippen LogP) is 2.23. The highest BCUT2D eigenvalue weighted by atomic mass is 32.2. The number of amides is 1. The Balaban J connectivity index is 1.81. The summed E-state index contributed by atoms with van der Waals surface area (Å²) >= 11 is 0. The van der Waals surface area contributed by atoms with E-state index in [9.17, 15) is 13.2 Å². The zero-order valence-corrected chi connectivity index (χ0v) is 15.6. The Labute approximate surface area is 154 Å². The number of anilines is 1. The molecule has 0 aromatic heterocycles. The molecule has 7 heteroatoms. The van der Waals surface area contributed by atoms with E-state index in [2.05, 4.69) is 10.0 Å². The third kappa shape index (κ3) is 4.42. The van der Waals surface area contributed by atoms with Gasteiger partial charge in [-0.3, -0.25) is 9.52 Å². The van der Waals surface area contributed by atoms with Crippen molar-refractivity contribution >= 4 is 21.6 Å². The number of hydrogen-bond donors (Lipinski definition) is 2. The second kappa shape index (κ2) is 7.88. The molecule has 0 spiro atoms. The van der Waals surface area contributed by atoms with Crippen LogP contribution in [-0.4, -0.2) is 45.4 Å². The normalized spacial score (nSPS) is 15.3. The molecule has 1 saturated heterocycles. The van der Waals surface area contributed by atoms with E-state index in [4.69, 9.17) is 0 Å². The topological polar surface area (TPSA) is 78.5 Å². The highest BCUT2D eigenvalue weighted by molar-refractivity contribution is 7.92. The molecule has 1 fully saturated rings. The SMILES string of the molecule is Cc1ccc(NS(=O)(=O)c2cccc(C(=O)N3CCCNCC3)c2)cc1. The second-order valence-corrected chi connectivity index (χ2v) is 8.08. The molecule has 1 aliphatic rings. The van der Waals surface area contributed by atoms with E-state index in [0.29, 0.717) is 24.3 Å². The molecule has 2 N–H and O–H groups in total. The van der Waals surface area contributed by atoms with Gasteiger partial charge in [0.2, 0.25) is 0 Å². The van der Waals surface area contributed by atoms with E-state index >= 15 is 0 Å². The van der Waals surface area contributed by atoms with Gasteiger partial charge in [-0.1, -0.05) is 23.8 Å². The molecule has 26 heavy (non-hydrogen) atoms. The van der Waals surface area contributed by atoms with E-state index in [1.54, 1.807) is 29.2 Å². The van der Waals surface area contributed by atoms with Crippen LogP contribution in [0.25, 0.3) is 0 Å². The first-order chi connectivity index (χ1) is 12.5. The van der Waals surface area contributed by atoms with Crippen molar-refractivity contribution in [3.05, 3.63) is 59.7 Å². The minimum atomic E-state index is -3.75. The molecule has 0 atom stereocenters. The quantitative estimate of drug-likeness (QED) is 0.861. The van der Waals surface area contributed by atoms with Crippen molar-refractivity contribution in [2.75, 3.05) is 30.9 Å². The zero-order chi connectivity index (χ0) is 18.6. The average Bonchev–Trinajstić information content (AvgIpc) is 2.92. The molecule has 3 rings (SSSR count). The lowest BCUT2D eigenvalue weighted by Crippen LogP contribution is -2.34. The molecule has 0 aliphatic carbocycles. The Morgan fingerprint density at radius 2 is 1.85 bits per heavy atom. The van der Waals surface area contributed by atoms with Crippen LogP contribution in [0.3, 0.4) is 0 Å². The van der Waals surface area contributed by atoms with E-state index in [-0.39, 0.29) is 10.8 Å². The van der Waals surface area contributed by atoms with Crippen LogP contribution in [0.2, 0.25) is 0 Å². The number of sulfonamides is 1. The number of hydrogen-bond acceptors (Lipinski definition) is 4. The van der Waals surface area contributed by atoms with Gasteiger partial charge in [0.15, 0.2) is 0 Å². The maximum atomic E-state index is 12.7. The van der Waals surface area contributed by atoms with Crippen molar-refractivity contribution in [3.8, 4) is 0 Å². The van der Waals surface area contributed by atoms with E-state index in [0.717, 1.165) is 25.1 Å². The highest BCUT2D eigenvalue weighted by Gasteiger charge is 2.20. The number of benzene rings is 2. The number of aryl methyl sites for hydroxylation is 1. The van der Waals surface area contributed by atoms with E-state index < -0.39 is 10.0 Å². The van der Waals surface area contributed by atoms with Crippen LogP contribution in [0.4, 0.5) is 5.69 Å². The van der Waals surface area contributed by atoms with Crippen LogP contribution in [-0.2, 0) is 10.0 Å². The van der Waals surface area contributed by atoms with Crippen molar-refractivity contribution in [2.45, 2.75) is 18.2 Å². The van der Waals surface area contributed by atoms with Gasteiger partial charge in [0, 0.05) is 30.9 Å². The second-order valence-electron chi connectivity index (χ2n) is 6.40. The van der Waals surface area contributed by atoms with Crippen LogP contribution in [0.15, 0.2) is 53.4 Å². The first-order valence-corrected chi connectivity index (χ1v) is 10.1. The lowest BCUT2D eigenvalue weighted by Gasteiger charge is -2.20. The summed E-state index contributed by atoms with van der Waals surface area (Å²) in [6, 6.07) is 13.3. The lowest BCUT2D eigenvalue weighted by molar-refractivity contribution is 0.0766. The molecule has 0 unspecified atom stereocenters. The Kier molecular flexibility index (Phi) is 5.58.